The van der Waals surface area contributed by atoms with Crippen molar-refractivity contribution in [1.29, 1.82) is 0 Å². The molecule has 0 saturated carbocycles. The van der Waals surface area contributed by atoms with E-state index in [-0.39, 0.29) is 37.3 Å². The van der Waals surface area contributed by atoms with E-state index in [2.05, 4.69) is 21.6 Å². The van der Waals surface area contributed by atoms with Gasteiger partial charge in [0, 0.05) is 32.5 Å². The lowest BCUT2D eigenvalue weighted by atomic mass is 9.97. The molecule has 1 aliphatic rings. The lowest BCUT2D eigenvalue weighted by Crippen LogP contribution is -2.34. The van der Waals surface area contributed by atoms with E-state index in [0.717, 1.165) is 38.2 Å². The summed E-state index contributed by atoms with van der Waals surface area (Å²) in [4.78, 5) is 14.3. The summed E-state index contributed by atoms with van der Waals surface area (Å²) in [5, 5.41) is 15.2. The number of likely N-dealkylation sites (tertiary alicyclic amines) is 1. The van der Waals surface area contributed by atoms with Crippen molar-refractivity contribution in [2.75, 3.05) is 51.8 Å². The van der Waals surface area contributed by atoms with Crippen LogP contribution < -0.4 is 10.6 Å². The average Bonchev–Trinajstić information content (AvgIpc) is 2.60. The first-order valence-corrected chi connectivity index (χ1v) is 8.63. The summed E-state index contributed by atoms with van der Waals surface area (Å²) < 4.78 is 4.93. The molecular formula is C18H31Cl2N3O3. The van der Waals surface area contributed by atoms with E-state index < -0.39 is 0 Å². The second kappa shape index (κ2) is 14.2. The molecular weight excluding hydrogens is 377 g/mol. The van der Waals surface area contributed by atoms with E-state index in [9.17, 15) is 9.90 Å². The van der Waals surface area contributed by atoms with E-state index in [1.165, 1.54) is 5.56 Å². The van der Waals surface area contributed by atoms with Crippen molar-refractivity contribution in [3.63, 3.8) is 0 Å². The highest BCUT2D eigenvalue weighted by atomic mass is 35.5. The molecule has 26 heavy (non-hydrogen) atoms. The lowest BCUT2D eigenvalue weighted by molar-refractivity contribution is -0.115. The molecule has 1 aliphatic heterocycles. The van der Waals surface area contributed by atoms with E-state index in [0.29, 0.717) is 25.7 Å². The van der Waals surface area contributed by atoms with Gasteiger partial charge in [0.25, 0.3) is 0 Å². The maximum Gasteiger partial charge on any atom is 0.238 e. The van der Waals surface area contributed by atoms with Gasteiger partial charge in [-0.05, 0) is 49.5 Å². The molecule has 1 fully saturated rings. The molecule has 6 nitrogen and oxygen atoms in total. The number of methoxy groups -OCH3 is 1. The minimum Gasteiger partial charge on any atom is -0.396 e. The molecule has 0 spiro atoms. The molecule has 0 atom stereocenters. The molecule has 2 rings (SSSR count). The molecule has 8 heteroatoms. The van der Waals surface area contributed by atoms with Crippen molar-refractivity contribution in [2.45, 2.75) is 19.4 Å². The fourth-order valence-electron chi connectivity index (χ4n) is 2.91. The van der Waals surface area contributed by atoms with Crippen molar-refractivity contribution in [1.82, 2.24) is 10.2 Å². The zero-order valence-corrected chi connectivity index (χ0v) is 16.9. The number of hydrogen-bond acceptors (Lipinski definition) is 5. The lowest BCUT2D eigenvalue weighted by Gasteiger charge is -2.31. The maximum absolute atomic E-state index is 11.9. The number of anilines is 1. The highest BCUT2D eigenvalue weighted by Gasteiger charge is 2.18. The van der Waals surface area contributed by atoms with Crippen LogP contribution in [0.15, 0.2) is 24.3 Å². The van der Waals surface area contributed by atoms with Gasteiger partial charge in [0.1, 0.15) is 0 Å². The Labute approximate surface area is 168 Å². The van der Waals surface area contributed by atoms with Crippen molar-refractivity contribution in [2.24, 2.45) is 5.92 Å². The number of carbonyl (C=O) groups excluding carboxylic acids is 1. The van der Waals surface area contributed by atoms with Crippen LogP contribution in [0.5, 0.6) is 0 Å². The molecule has 1 saturated heterocycles. The Kier molecular flexibility index (Phi) is 13.7. The third kappa shape index (κ3) is 9.16. The number of aliphatic hydroxyl groups is 1. The summed E-state index contributed by atoms with van der Waals surface area (Å²) in [7, 11) is 1.64. The molecule has 0 bridgehead atoms. The molecule has 0 aliphatic carbocycles. The standard InChI is InChI=1S/C18H29N3O3.2ClH/c1-24-10-7-19-12-18(23)20-17-4-2-3-16(11-17)13-21-8-5-15(14-22)6-9-21;;/h2-4,11,15,19,22H,5-10,12-14H2,1H3,(H,20,23);2*1H. The number of aliphatic hydroxyl groups excluding tert-OH is 1. The second-order valence-corrected chi connectivity index (χ2v) is 6.32. The van der Waals surface area contributed by atoms with Crippen molar-refractivity contribution < 1.29 is 14.6 Å². The number of nitrogens with one attached hydrogen (secondary N) is 2. The number of nitrogens with zero attached hydrogens (tertiary/aromatic N) is 1. The number of hydrogen-bond donors (Lipinski definition) is 3. The topological polar surface area (TPSA) is 73.8 Å². The molecule has 1 aromatic carbocycles. The summed E-state index contributed by atoms with van der Waals surface area (Å²) in [5.74, 6) is 0.407. The van der Waals surface area contributed by atoms with Gasteiger partial charge in [0.2, 0.25) is 5.91 Å². The van der Waals surface area contributed by atoms with Gasteiger partial charge in [0.15, 0.2) is 0 Å². The van der Waals surface area contributed by atoms with Crippen LogP contribution in [0, 0.1) is 5.92 Å². The first kappa shape index (κ1) is 25.1. The summed E-state index contributed by atoms with van der Waals surface area (Å²) in [6, 6.07) is 8.01. The highest BCUT2D eigenvalue weighted by Crippen LogP contribution is 2.19. The number of amides is 1. The van der Waals surface area contributed by atoms with Crippen LogP contribution in [0.1, 0.15) is 18.4 Å². The molecule has 0 radical (unpaired) electrons. The van der Waals surface area contributed by atoms with Crippen LogP contribution >= 0.6 is 24.8 Å². The first-order valence-electron chi connectivity index (χ1n) is 8.63. The van der Waals surface area contributed by atoms with Crippen LogP contribution in [-0.2, 0) is 16.1 Å². The Morgan fingerprint density at radius 1 is 1.31 bits per heavy atom. The van der Waals surface area contributed by atoms with E-state index in [1.807, 2.05) is 18.2 Å². The number of carbonyl (C=O) groups is 1. The van der Waals surface area contributed by atoms with Crippen LogP contribution in [0.25, 0.3) is 0 Å². The van der Waals surface area contributed by atoms with Gasteiger partial charge in [-0.2, -0.15) is 0 Å². The summed E-state index contributed by atoms with van der Waals surface area (Å²) >= 11 is 0. The van der Waals surface area contributed by atoms with E-state index >= 15 is 0 Å². The van der Waals surface area contributed by atoms with Crippen LogP contribution in [-0.4, -0.2) is 62.4 Å². The molecule has 1 amide bonds. The Bertz CT molecular complexity index is 512. The van der Waals surface area contributed by atoms with Gasteiger partial charge in [-0.1, -0.05) is 12.1 Å². The molecule has 150 valence electrons. The predicted octanol–water partition coefficient (Wildman–Crippen LogP) is 1.91. The smallest absolute Gasteiger partial charge is 0.238 e. The minimum atomic E-state index is -0.0491. The molecule has 1 aromatic rings. The summed E-state index contributed by atoms with van der Waals surface area (Å²) in [6.07, 6.45) is 2.11. The van der Waals surface area contributed by atoms with Crippen LogP contribution in [0.2, 0.25) is 0 Å². The van der Waals surface area contributed by atoms with Gasteiger partial charge in [-0.15, -0.1) is 24.8 Å². The Morgan fingerprint density at radius 3 is 2.69 bits per heavy atom. The zero-order valence-electron chi connectivity index (χ0n) is 15.3. The molecule has 0 aromatic heterocycles. The normalized spacial score (nSPS) is 15.0. The van der Waals surface area contributed by atoms with Gasteiger partial charge >= 0.3 is 0 Å². The molecule has 0 unspecified atom stereocenters. The second-order valence-electron chi connectivity index (χ2n) is 6.32. The fraction of sp³-hybridized carbons (Fsp3) is 0.611. The van der Waals surface area contributed by atoms with Crippen LogP contribution in [0.4, 0.5) is 5.69 Å². The fourth-order valence-corrected chi connectivity index (χ4v) is 2.91. The SMILES string of the molecule is COCCNCC(=O)Nc1cccc(CN2CCC(CO)CC2)c1.Cl.Cl. The van der Waals surface area contributed by atoms with E-state index in [4.69, 9.17) is 4.74 Å². The first-order chi connectivity index (χ1) is 11.7. The van der Waals surface area contributed by atoms with Gasteiger partial charge in [-0.25, -0.2) is 0 Å². The monoisotopic (exact) mass is 407 g/mol. The third-order valence-electron chi connectivity index (χ3n) is 4.35. The average molecular weight is 408 g/mol. The summed E-state index contributed by atoms with van der Waals surface area (Å²) in [5.41, 5.74) is 2.03. The van der Waals surface area contributed by atoms with Gasteiger partial charge in [0.05, 0.1) is 13.2 Å². The van der Waals surface area contributed by atoms with Crippen molar-refractivity contribution >= 4 is 36.4 Å². The minimum absolute atomic E-state index is 0. The van der Waals surface area contributed by atoms with E-state index in [1.54, 1.807) is 7.11 Å². The number of halogens is 2. The number of piperidine rings is 1. The maximum atomic E-state index is 11.9. The number of ether oxygens (including phenoxy) is 1. The van der Waals surface area contributed by atoms with Crippen LogP contribution in [0.3, 0.4) is 0 Å². The Hall–Kier alpha value is -0.890. The molecule has 3 N–H and O–H groups in total. The van der Waals surface area contributed by atoms with Crippen molar-refractivity contribution in [3.8, 4) is 0 Å². The zero-order chi connectivity index (χ0) is 17.2. The highest BCUT2D eigenvalue weighted by molar-refractivity contribution is 5.92. The number of rotatable bonds is 9. The third-order valence-corrected chi connectivity index (χ3v) is 4.35. The largest absolute Gasteiger partial charge is 0.396 e. The summed E-state index contributed by atoms with van der Waals surface area (Å²) in [6.45, 7) is 4.75. The van der Waals surface area contributed by atoms with Gasteiger partial charge < -0.3 is 20.5 Å². The predicted molar refractivity (Wildman–Crippen MR) is 109 cm³/mol. The Balaban J connectivity index is 0.00000312. The quantitative estimate of drug-likeness (QED) is 0.545. The number of benzene rings is 1. The van der Waals surface area contributed by atoms with Crippen molar-refractivity contribution in [3.05, 3.63) is 29.8 Å². The van der Waals surface area contributed by atoms with Gasteiger partial charge in [-0.3, -0.25) is 9.69 Å². The molecule has 1 heterocycles. The Morgan fingerprint density at radius 2 is 2.04 bits per heavy atom.